The lowest BCUT2D eigenvalue weighted by molar-refractivity contribution is 0.303. The Morgan fingerprint density at radius 2 is 1.94 bits per heavy atom. The van der Waals surface area contributed by atoms with Gasteiger partial charge < -0.3 is 5.32 Å². The van der Waals surface area contributed by atoms with Crippen molar-refractivity contribution < 1.29 is 0 Å². The van der Waals surface area contributed by atoms with E-state index in [1.807, 2.05) is 13.1 Å². The molecule has 2 nitrogen and oxygen atoms in total. The summed E-state index contributed by atoms with van der Waals surface area (Å²) >= 11 is 0. The highest BCUT2D eigenvalue weighted by Crippen LogP contribution is 2.27. The van der Waals surface area contributed by atoms with Gasteiger partial charge in [0, 0.05) is 17.9 Å². The van der Waals surface area contributed by atoms with Gasteiger partial charge in [0.2, 0.25) is 0 Å². The summed E-state index contributed by atoms with van der Waals surface area (Å²) in [6, 6.07) is 4.72. The van der Waals surface area contributed by atoms with E-state index in [2.05, 4.69) is 50.1 Å². The van der Waals surface area contributed by atoms with E-state index in [1.54, 1.807) is 0 Å². The number of hydrogen-bond donors (Lipinski definition) is 1. The highest BCUT2D eigenvalue weighted by molar-refractivity contribution is 5.18. The molecule has 0 aliphatic rings. The lowest BCUT2D eigenvalue weighted by atomic mass is 9.86. The Kier molecular flexibility index (Phi) is 5.63. The van der Waals surface area contributed by atoms with Gasteiger partial charge in [0.1, 0.15) is 0 Å². The van der Waals surface area contributed by atoms with Crippen molar-refractivity contribution in [2.24, 2.45) is 11.8 Å². The summed E-state index contributed by atoms with van der Waals surface area (Å²) in [5.41, 5.74) is 2.39. The van der Waals surface area contributed by atoms with E-state index < -0.39 is 0 Å². The molecule has 0 spiro atoms. The van der Waals surface area contributed by atoms with Crippen LogP contribution in [0.3, 0.4) is 0 Å². The summed E-state index contributed by atoms with van der Waals surface area (Å²) in [5.74, 6) is 1.29. The van der Waals surface area contributed by atoms with Gasteiger partial charge in [0.05, 0.1) is 0 Å². The average molecular weight is 234 g/mol. The lowest BCUT2D eigenvalue weighted by Crippen LogP contribution is -2.30. The van der Waals surface area contributed by atoms with Crippen molar-refractivity contribution in [3.63, 3.8) is 0 Å². The van der Waals surface area contributed by atoms with Crippen molar-refractivity contribution in [1.29, 1.82) is 0 Å². The molecule has 1 heterocycles. The van der Waals surface area contributed by atoms with Crippen molar-refractivity contribution in [1.82, 2.24) is 10.3 Å². The molecule has 1 N–H and O–H groups in total. The first-order valence-electron chi connectivity index (χ1n) is 6.72. The molecule has 1 aromatic rings. The molecule has 2 atom stereocenters. The van der Waals surface area contributed by atoms with Gasteiger partial charge in [-0.2, -0.15) is 0 Å². The Morgan fingerprint density at radius 1 is 1.24 bits per heavy atom. The molecule has 2 unspecified atom stereocenters. The zero-order valence-corrected chi connectivity index (χ0v) is 11.8. The average Bonchev–Trinajstić information content (AvgIpc) is 2.31. The molecular formula is C15H26N2. The predicted octanol–water partition coefficient (Wildman–Crippen LogP) is 3.72. The second-order valence-corrected chi connectivity index (χ2v) is 5.27. The fourth-order valence-corrected chi connectivity index (χ4v) is 1.96. The van der Waals surface area contributed by atoms with Crippen LogP contribution in [0.15, 0.2) is 18.3 Å². The van der Waals surface area contributed by atoms with Crippen LogP contribution in [0.2, 0.25) is 0 Å². The molecule has 0 fully saturated rings. The van der Waals surface area contributed by atoms with Gasteiger partial charge in [-0.05, 0) is 43.4 Å². The third-order valence-corrected chi connectivity index (χ3v) is 3.48. The highest BCUT2D eigenvalue weighted by atomic mass is 14.9. The fourth-order valence-electron chi connectivity index (χ4n) is 1.96. The van der Waals surface area contributed by atoms with Gasteiger partial charge in [0.25, 0.3) is 0 Å². The van der Waals surface area contributed by atoms with E-state index in [4.69, 9.17) is 0 Å². The molecule has 0 aromatic carbocycles. The second-order valence-electron chi connectivity index (χ2n) is 5.27. The van der Waals surface area contributed by atoms with Crippen LogP contribution in [0.5, 0.6) is 0 Å². The smallest absolute Gasteiger partial charge is 0.0372 e. The first-order chi connectivity index (χ1) is 8.06. The Hall–Kier alpha value is -0.890. The van der Waals surface area contributed by atoms with Crippen LogP contribution in [-0.2, 0) is 0 Å². The Balaban J connectivity index is 2.85. The second kappa shape index (κ2) is 6.75. The Bertz CT molecular complexity index is 316. The fraction of sp³-hybridized carbons (Fsp3) is 0.667. The number of aromatic nitrogens is 1. The molecule has 0 bridgehead atoms. The molecular weight excluding hydrogens is 208 g/mol. The molecule has 17 heavy (non-hydrogen) atoms. The predicted molar refractivity (Wildman–Crippen MR) is 74.0 cm³/mol. The minimum absolute atomic E-state index is 0.419. The summed E-state index contributed by atoms with van der Waals surface area (Å²) in [4.78, 5) is 4.41. The van der Waals surface area contributed by atoms with Gasteiger partial charge in [-0.25, -0.2) is 0 Å². The normalized spacial score (nSPS) is 14.9. The van der Waals surface area contributed by atoms with Crippen LogP contribution >= 0.6 is 0 Å². The van der Waals surface area contributed by atoms with Crippen molar-refractivity contribution in [2.45, 2.75) is 47.1 Å². The lowest BCUT2D eigenvalue weighted by Gasteiger charge is -2.28. The number of hydrogen-bond acceptors (Lipinski definition) is 2. The first-order valence-corrected chi connectivity index (χ1v) is 6.72. The molecule has 0 saturated heterocycles. The van der Waals surface area contributed by atoms with Crippen LogP contribution < -0.4 is 5.32 Å². The molecule has 0 aliphatic heterocycles. The quantitative estimate of drug-likeness (QED) is 0.811. The van der Waals surface area contributed by atoms with E-state index in [0.717, 1.165) is 12.2 Å². The largest absolute Gasteiger partial charge is 0.310 e. The Labute approximate surface area is 106 Å². The molecule has 1 aromatic heterocycles. The molecule has 0 saturated carbocycles. The summed E-state index contributed by atoms with van der Waals surface area (Å²) in [6.45, 7) is 12.2. The number of nitrogens with one attached hydrogen (secondary N) is 1. The molecule has 0 radical (unpaired) electrons. The minimum atomic E-state index is 0.419. The van der Waals surface area contributed by atoms with Gasteiger partial charge in [-0.3, -0.25) is 4.98 Å². The zero-order chi connectivity index (χ0) is 12.8. The van der Waals surface area contributed by atoms with E-state index in [-0.39, 0.29) is 0 Å². The molecule has 0 aliphatic carbocycles. The number of rotatable bonds is 6. The van der Waals surface area contributed by atoms with Gasteiger partial charge in [0.15, 0.2) is 0 Å². The van der Waals surface area contributed by atoms with E-state index in [9.17, 15) is 0 Å². The SMILES string of the molecule is CCCNC(c1ccc(C)nc1)C(C)C(C)C. The monoisotopic (exact) mass is 234 g/mol. The summed E-state index contributed by atoms with van der Waals surface area (Å²) in [5, 5.41) is 3.65. The van der Waals surface area contributed by atoms with Crippen molar-refractivity contribution in [2.75, 3.05) is 6.54 Å². The molecule has 96 valence electrons. The summed E-state index contributed by atoms with van der Waals surface area (Å²) in [6.07, 6.45) is 3.18. The molecule has 2 heteroatoms. The number of pyridine rings is 1. The van der Waals surface area contributed by atoms with Crippen LogP contribution in [0.1, 0.15) is 51.4 Å². The third kappa shape index (κ3) is 4.12. The van der Waals surface area contributed by atoms with Crippen molar-refractivity contribution in [3.05, 3.63) is 29.6 Å². The standard InChI is InChI=1S/C15H26N2/c1-6-9-16-15(13(5)11(2)3)14-8-7-12(4)17-10-14/h7-8,10-11,13,15-16H,6,9H2,1-5H3. The first kappa shape index (κ1) is 14.2. The maximum atomic E-state index is 4.41. The Morgan fingerprint density at radius 3 is 2.41 bits per heavy atom. The maximum Gasteiger partial charge on any atom is 0.0372 e. The number of aryl methyl sites for hydroxylation is 1. The number of nitrogens with zero attached hydrogens (tertiary/aromatic N) is 1. The topological polar surface area (TPSA) is 24.9 Å². The van der Waals surface area contributed by atoms with Crippen molar-refractivity contribution in [3.8, 4) is 0 Å². The summed E-state index contributed by atoms with van der Waals surface area (Å²) < 4.78 is 0. The van der Waals surface area contributed by atoms with Gasteiger partial charge in [-0.15, -0.1) is 0 Å². The van der Waals surface area contributed by atoms with E-state index in [1.165, 1.54) is 12.0 Å². The van der Waals surface area contributed by atoms with E-state index >= 15 is 0 Å². The summed E-state index contributed by atoms with van der Waals surface area (Å²) in [7, 11) is 0. The maximum absolute atomic E-state index is 4.41. The molecule has 0 amide bonds. The minimum Gasteiger partial charge on any atom is -0.310 e. The van der Waals surface area contributed by atoms with Crippen LogP contribution in [-0.4, -0.2) is 11.5 Å². The third-order valence-electron chi connectivity index (χ3n) is 3.48. The van der Waals surface area contributed by atoms with Gasteiger partial charge in [-0.1, -0.05) is 33.8 Å². The highest BCUT2D eigenvalue weighted by Gasteiger charge is 2.21. The van der Waals surface area contributed by atoms with E-state index in [0.29, 0.717) is 17.9 Å². The van der Waals surface area contributed by atoms with Crippen molar-refractivity contribution >= 4 is 0 Å². The van der Waals surface area contributed by atoms with Crippen LogP contribution in [0.4, 0.5) is 0 Å². The van der Waals surface area contributed by atoms with Crippen LogP contribution in [0, 0.1) is 18.8 Å². The molecule has 1 rings (SSSR count). The van der Waals surface area contributed by atoms with Gasteiger partial charge >= 0.3 is 0 Å². The van der Waals surface area contributed by atoms with Crippen LogP contribution in [0.25, 0.3) is 0 Å². The zero-order valence-electron chi connectivity index (χ0n) is 11.8.